The first-order valence-electron chi connectivity index (χ1n) is 7.33. The number of aromatic amines is 2. The summed E-state index contributed by atoms with van der Waals surface area (Å²) in [5.41, 5.74) is 1.23. The molecule has 1 heterocycles. The minimum absolute atomic E-state index is 0.0121. The normalized spacial score (nSPS) is 12.0. The number of phenols is 1. The summed E-state index contributed by atoms with van der Waals surface area (Å²) in [5.74, 6) is -0.743. The van der Waals surface area contributed by atoms with Crippen LogP contribution in [0.25, 0.3) is 11.3 Å². The number of nitrogens with one attached hydrogen (secondary N) is 2. The lowest BCUT2D eigenvalue weighted by Crippen LogP contribution is -2.20. The molecule has 122 valence electrons. The maximum atomic E-state index is 12.3. The van der Waals surface area contributed by atoms with Crippen LogP contribution in [0.15, 0.2) is 59.4 Å². The molecule has 0 spiro atoms. The van der Waals surface area contributed by atoms with E-state index in [0.717, 1.165) is 0 Å². The molecule has 0 bridgehead atoms. The molecule has 0 fully saturated rings. The van der Waals surface area contributed by atoms with Crippen LogP contribution in [-0.4, -0.2) is 26.8 Å². The first-order valence-corrected chi connectivity index (χ1v) is 7.33. The SMILES string of the molecule is O=c1[nH][nH]c(-c2ccccc2O)c1[C@H](C[N+](=O)[O-])c1ccccc1. The number of aromatic hydroxyl groups is 1. The molecule has 1 atom stereocenters. The number of aromatic nitrogens is 2. The topological polar surface area (TPSA) is 112 Å². The van der Waals surface area contributed by atoms with Crippen LogP contribution in [0.4, 0.5) is 0 Å². The summed E-state index contributed by atoms with van der Waals surface area (Å²) in [6.45, 7) is -0.425. The van der Waals surface area contributed by atoms with E-state index in [9.17, 15) is 20.0 Å². The first kappa shape index (κ1) is 15.5. The van der Waals surface area contributed by atoms with Gasteiger partial charge in [0.1, 0.15) is 5.75 Å². The van der Waals surface area contributed by atoms with Crippen molar-refractivity contribution in [3.8, 4) is 17.0 Å². The van der Waals surface area contributed by atoms with E-state index >= 15 is 0 Å². The molecule has 3 aromatic rings. The Morgan fingerprint density at radius 3 is 2.38 bits per heavy atom. The zero-order valence-corrected chi connectivity index (χ0v) is 12.6. The average Bonchev–Trinajstić information content (AvgIpc) is 2.95. The third kappa shape index (κ3) is 2.91. The molecule has 0 aliphatic carbocycles. The molecule has 7 heteroatoms. The van der Waals surface area contributed by atoms with Crippen molar-refractivity contribution in [3.63, 3.8) is 0 Å². The van der Waals surface area contributed by atoms with Gasteiger partial charge in [0.2, 0.25) is 6.54 Å². The van der Waals surface area contributed by atoms with Gasteiger partial charge in [-0.1, -0.05) is 42.5 Å². The third-order valence-corrected chi connectivity index (χ3v) is 3.87. The van der Waals surface area contributed by atoms with Gasteiger partial charge in [0.05, 0.1) is 17.2 Å². The predicted molar refractivity (Wildman–Crippen MR) is 88.7 cm³/mol. The fourth-order valence-corrected chi connectivity index (χ4v) is 2.80. The van der Waals surface area contributed by atoms with Gasteiger partial charge in [-0.05, 0) is 17.7 Å². The average molecular weight is 325 g/mol. The number of hydrogen-bond acceptors (Lipinski definition) is 4. The van der Waals surface area contributed by atoms with E-state index in [2.05, 4.69) is 10.2 Å². The second-order valence-corrected chi connectivity index (χ2v) is 5.36. The molecule has 0 amide bonds. The Kier molecular flexibility index (Phi) is 4.15. The molecule has 2 aromatic carbocycles. The quantitative estimate of drug-likeness (QED) is 0.494. The Morgan fingerprint density at radius 2 is 1.71 bits per heavy atom. The fraction of sp³-hybridized carbons (Fsp3) is 0.118. The number of nitrogens with zero attached hydrogens (tertiary/aromatic N) is 1. The van der Waals surface area contributed by atoms with Crippen LogP contribution in [0, 0.1) is 10.1 Å². The summed E-state index contributed by atoms with van der Waals surface area (Å²) < 4.78 is 0. The molecular formula is C17H15N3O4. The molecule has 0 unspecified atom stereocenters. The lowest BCUT2D eigenvalue weighted by molar-refractivity contribution is -0.481. The van der Waals surface area contributed by atoms with Crippen LogP contribution in [0.2, 0.25) is 0 Å². The van der Waals surface area contributed by atoms with Crippen LogP contribution < -0.4 is 5.56 Å². The van der Waals surface area contributed by atoms with E-state index < -0.39 is 22.9 Å². The maximum Gasteiger partial charge on any atom is 0.268 e. The summed E-state index contributed by atoms with van der Waals surface area (Å²) in [5, 5.41) is 26.4. The van der Waals surface area contributed by atoms with E-state index in [0.29, 0.717) is 16.8 Å². The van der Waals surface area contributed by atoms with Crippen molar-refractivity contribution in [1.82, 2.24) is 10.2 Å². The fourth-order valence-electron chi connectivity index (χ4n) is 2.80. The van der Waals surface area contributed by atoms with Gasteiger partial charge in [-0.15, -0.1) is 0 Å². The van der Waals surface area contributed by atoms with Crippen LogP contribution in [0.1, 0.15) is 17.0 Å². The standard InChI is InChI=1S/C17H15N3O4/c21-14-9-5-4-8-12(14)16-15(17(22)19-18-16)13(10-20(23)24)11-6-2-1-3-7-11/h1-9,13,21H,10H2,(H2,18,19,22)/t13-/m1/s1. The number of nitro groups is 1. The number of hydrogen-bond donors (Lipinski definition) is 3. The molecule has 0 aliphatic rings. The number of phenolic OH excluding ortho intramolecular Hbond substituents is 1. The number of rotatable bonds is 5. The van der Waals surface area contributed by atoms with Crippen LogP contribution in [0.3, 0.4) is 0 Å². The maximum absolute atomic E-state index is 12.3. The molecule has 24 heavy (non-hydrogen) atoms. The van der Waals surface area contributed by atoms with Crippen molar-refractivity contribution in [1.29, 1.82) is 0 Å². The minimum Gasteiger partial charge on any atom is -0.507 e. The Hall–Kier alpha value is -3.35. The lowest BCUT2D eigenvalue weighted by Gasteiger charge is -2.13. The molecule has 0 aliphatic heterocycles. The van der Waals surface area contributed by atoms with Gasteiger partial charge in [-0.3, -0.25) is 25.1 Å². The second-order valence-electron chi connectivity index (χ2n) is 5.36. The van der Waals surface area contributed by atoms with Crippen LogP contribution in [-0.2, 0) is 0 Å². The van der Waals surface area contributed by atoms with E-state index in [1.807, 2.05) is 0 Å². The molecule has 1 aromatic heterocycles. The Morgan fingerprint density at radius 1 is 1.04 bits per heavy atom. The van der Waals surface area contributed by atoms with Gasteiger partial charge in [-0.2, -0.15) is 0 Å². The summed E-state index contributed by atoms with van der Waals surface area (Å²) >= 11 is 0. The lowest BCUT2D eigenvalue weighted by atomic mass is 9.89. The third-order valence-electron chi connectivity index (χ3n) is 3.87. The summed E-state index contributed by atoms with van der Waals surface area (Å²) in [6.07, 6.45) is 0. The number of benzene rings is 2. The predicted octanol–water partition coefficient (Wildman–Crippen LogP) is 2.48. The highest BCUT2D eigenvalue weighted by atomic mass is 16.6. The van der Waals surface area contributed by atoms with E-state index in [4.69, 9.17) is 0 Å². The second kappa shape index (κ2) is 6.41. The number of H-pyrrole nitrogens is 2. The van der Waals surface area contributed by atoms with Gasteiger partial charge < -0.3 is 5.11 Å². The van der Waals surface area contributed by atoms with Crippen LogP contribution in [0.5, 0.6) is 5.75 Å². The van der Waals surface area contributed by atoms with Gasteiger partial charge in [0.25, 0.3) is 5.56 Å². The highest BCUT2D eigenvalue weighted by molar-refractivity contribution is 5.70. The molecule has 0 radical (unpaired) electrons. The zero-order chi connectivity index (χ0) is 17.1. The van der Waals surface area contributed by atoms with Crippen molar-refractivity contribution >= 4 is 0 Å². The van der Waals surface area contributed by atoms with E-state index in [1.165, 1.54) is 6.07 Å². The molecule has 0 saturated heterocycles. The van der Waals surface area contributed by atoms with Crippen molar-refractivity contribution < 1.29 is 10.0 Å². The van der Waals surface area contributed by atoms with Gasteiger partial charge in [-0.25, -0.2) is 0 Å². The van der Waals surface area contributed by atoms with E-state index in [-0.39, 0.29) is 11.3 Å². The largest absolute Gasteiger partial charge is 0.507 e. The van der Waals surface area contributed by atoms with Gasteiger partial charge >= 0.3 is 0 Å². The summed E-state index contributed by atoms with van der Waals surface area (Å²) in [7, 11) is 0. The molecule has 0 saturated carbocycles. The van der Waals surface area contributed by atoms with Gasteiger partial charge in [0.15, 0.2) is 0 Å². The van der Waals surface area contributed by atoms with Crippen molar-refractivity contribution in [2.24, 2.45) is 0 Å². The van der Waals surface area contributed by atoms with Crippen molar-refractivity contribution in [2.75, 3.05) is 6.54 Å². The Bertz CT molecular complexity index is 915. The van der Waals surface area contributed by atoms with Crippen molar-refractivity contribution in [2.45, 2.75) is 5.92 Å². The first-order chi connectivity index (χ1) is 11.6. The zero-order valence-electron chi connectivity index (χ0n) is 12.6. The van der Waals surface area contributed by atoms with Crippen molar-refractivity contribution in [3.05, 3.63) is 86.2 Å². The highest BCUT2D eigenvalue weighted by Gasteiger charge is 2.28. The summed E-state index contributed by atoms with van der Waals surface area (Å²) in [6, 6.07) is 15.3. The smallest absolute Gasteiger partial charge is 0.268 e. The Balaban J connectivity index is 2.19. The molecule has 3 N–H and O–H groups in total. The molecule has 3 rings (SSSR count). The molecule has 7 nitrogen and oxygen atoms in total. The minimum atomic E-state index is -0.731. The highest BCUT2D eigenvalue weighted by Crippen LogP contribution is 2.34. The summed E-state index contributed by atoms with van der Waals surface area (Å²) in [4.78, 5) is 23.0. The van der Waals surface area contributed by atoms with Crippen LogP contribution >= 0.6 is 0 Å². The Labute approximate surface area is 136 Å². The monoisotopic (exact) mass is 325 g/mol. The van der Waals surface area contributed by atoms with E-state index in [1.54, 1.807) is 48.5 Å². The number of para-hydroxylation sites is 1. The van der Waals surface area contributed by atoms with Gasteiger partial charge in [0, 0.05) is 10.5 Å². The molecular weight excluding hydrogens is 310 g/mol.